The first kappa shape index (κ1) is 33.6. The number of amides is 3. The van der Waals surface area contributed by atoms with E-state index in [1.165, 1.54) is 24.0 Å². The number of hydrogen-bond donors (Lipinski definition) is 2. The predicted octanol–water partition coefficient (Wildman–Crippen LogP) is 3.61. The lowest BCUT2D eigenvalue weighted by Crippen LogP contribution is -2.55. The zero-order chi connectivity index (χ0) is 33.1. The molecule has 0 saturated carbocycles. The van der Waals surface area contributed by atoms with Crippen molar-refractivity contribution in [3.63, 3.8) is 0 Å². The monoisotopic (exact) mass is 614 g/mol. The average Bonchev–Trinajstić information content (AvgIpc) is 2.94. The summed E-state index contributed by atoms with van der Waals surface area (Å²) in [6, 6.07) is 8.36. The van der Waals surface area contributed by atoms with Gasteiger partial charge in [-0.05, 0) is 48.4 Å². The van der Waals surface area contributed by atoms with Crippen LogP contribution in [-0.4, -0.2) is 86.5 Å². The van der Waals surface area contributed by atoms with Gasteiger partial charge in [0.2, 0.25) is 5.96 Å². The van der Waals surface area contributed by atoms with Gasteiger partial charge in [0.15, 0.2) is 6.54 Å². The van der Waals surface area contributed by atoms with Crippen LogP contribution in [0.1, 0.15) is 35.2 Å². The maximum atomic E-state index is 13.6. The van der Waals surface area contributed by atoms with Crippen LogP contribution in [-0.2, 0) is 26.9 Å². The number of benzene rings is 2. The van der Waals surface area contributed by atoms with Crippen molar-refractivity contribution in [2.45, 2.75) is 25.6 Å². The Hall–Kier alpha value is -4.90. The number of methoxy groups -OCH3 is 1. The summed E-state index contributed by atoms with van der Waals surface area (Å²) >= 11 is 0. The molecule has 0 bridgehead atoms. The highest BCUT2D eigenvalue weighted by Gasteiger charge is 2.44. The minimum Gasteiger partial charge on any atom is -0.466 e. The van der Waals surface area contributed by atoms with Crippen LogP contribution >= 0.6 is 0 Å². The lowest BCUT2D eigenvalue weighted by molar-refractivity contribution is -0.882. The first-order valence-corrected chi connectivity index (χ1v) is 13.4. The highest BCUT2D eigenvalue weighted by Crippen LogP contribution is 2.42. The summed E-state index contributed by atoms with van der Waals surface area (Å²) in [6.07, 6.45) is -4.40. The number of primary amides is 1. The van der Waals surface area contributed by atoms with Gasteiger partial charge in [0.1, 0.15) is 6.04 Å². The maximum Gasteiger partial charge on any atom is 0.416 e. The van der Waals surface area contributed by atoms with Crippen LogP contribution in [0.25, 0.3) is 0 Å². The second kappa shape index (κ2) is 12.8. The molecule has 1 heterocycles. The number of ether oxygens (including phenoxy) is 1. The fraction of sp³-hybridized carbons (Fsp3) is 0.367. The third-order valence-electron chi connectivity index (χ3n) is 7.39. The summed E-state index contributed by atoms with van der Waals surface area (Å²) in [5, 5.41) is 18.6. The maximum absolute atomic E-state index is 13.6. The second-order valence-electron chi connectivity index (χ2n) is 11.2. The van der Waals surface area contributed by atoms with Gasteiger partial charge in [0, 0.05) is 31.9 Å². The SMILES string of the molecule is COC(=O)C1=C(C)N(c2cccc(C(F)(F)F)c2)C(=N)N(C(N)=O)[C@@H]1c1ccc(C#N)cc1CC[N+](C)(C)CC(=O)N(C)C. The van der Waals surface area contributed by atoms with Crippen molar-refractivity contribution in [1.29, 1.82) is 10.7 Å². The largest absolute Gasteiger partial charge is 0.466 e. The molecule has 0 aliphatic carbocycles. The number of esters is 1. The Morgan fingerprint density at radius 3 is 2.36 bits per heavy atom. The number of nitrogens with two attached hydrogens (primary N) is 1. The molecule has 0 radical (unpaired) electrons. The summed E-state index contributed by atoms with van der Waals surface area (Å²) < 4.78 is 46.0. The van der Waals surface area contributed by atoms with Gasteiger partial charge in [-0.2, -0.15) is 18.4 Å². The van der Waals surface area contributed by atoms with E-state index in [2.05, 4.69) is 6.07 Å². The zero-order valence-electron chi connectivity index (χ0n) is 25.3. The van der Waals surface area contributed by atoms with E-state index < -0.39 is 35.7 Å². The summed E-state index contributed by atoms with van der Waals surface area (Å²) in [5.41, 5.74) is 5.75. The van der Waals surface area contributed by atoms with Crippen molar-refractivity contribution in [3.8, 4) is 6.07 Å². The third-order valence-corrected chi connectivity index (χ3v) is 7.39. The number of allylic oxidation sites excluding steroid dienone is 1. The first-order valence-electron chi connectivity index (χ1n) is 13.4. The molecule has 1 atom stereocenters. The molecule has 2 aromatic carbocycles. The van der Waals surface area contributed by atoms with E-state index in [9.17, 15) is 32.8 Å². The minimum absolute atomic E-state index is 0.0478. The molecule has 234 valence electrons. The van der Waals surface area contributed by atoms with Crippen molar-refractivity contribution in [1.82, 2.24) is 9.80 Å². The number of guanidine groups is 1. The lowest BCUT2D eigenvalue weighted by Gasteiger charge is -2.43. The van der Waals surface area contributed by atoms with E-state index in [0.29, 0.717) is 29.7 Å². The lowest BCUT2D eigenvalue weighted by atomic mass is 9.87. The molecule has 2 aromatic rings. The Morgan fingerprint density at radius 2 is 1.82 bits per heavy atom. The number of hydrogen-bond acceptors (Lipinski definition) is 6. The van der Waals surface area contributed by atoms with Crippen molar-refractivity contribution < 1.29 is 36.8 Å². The van der Waals surface area contributed by atoms with Crippen molar-refractivity contribution in [2.75, 3.05) is 53.3 Å². The van der Waals surface area contributed by atoms with Gasteiger partial charge in [-0.1, -0.05) is 12.1 Å². The van der Waals surface area contributed by atoms with Crippen LogP contribution < -0.4 is 10.6 Å². The Balaban J connectivity index is 2.25. The van der Waals surface area contributed by atoms with Crippen molar-refractivity contribution >= 4 is 29.6 Å². The molecule has 44 heavy (non-hydrogen) atoms. The molecule has 3 N–H and O–H groups in total. The Bertz CT molecular complexity index is 1560. The number of carbonyl (C=O) groups excluding carboxylic acids is 3. The molecule has 1 aliphatic rings. The summed E-state index contributed by atoms with van der Waals surface area (Å²) in [6.45, 7) is 2.03. The molecule has 3 amide bonds. The van der Waals surface area contributed by atoms with E-state index in [4.69, 9.17) is 15.9 Å². The number of nitriles is 1. The highest BCUT2D eigenvalue weighted by molar-refractivity contribution is 6.10. The fourth-order valence-electron chi connectivity index (χ4n) is 5.04. The quantitative estimate of drug-likeness (QED) is 0.344. The van der Waals surface area contributed by atoms with Crippen LogP contribution in [0.5, 0.6) is 0 Å². The number of rotatable bonds is 8. The summed E-state index contributed by atoms with van der Waals surface area (Å²) in [4.78, 5) is 42.0. The average molecular weight is 615 g/mol. The first-order chi connectivity index (χ1) is 20.4. The molecule has 0 saturated heterocycles. The number of urea groups is 1. The van der Waals surface area contributed by atoms with Gasteiger partial charge in [0.05, 0.1) is 50.5 Å². The molecule has 0 fully saturated rings. The number of alkyl halides is 3. The van der Waals surface area contributed by atoms with Crippen LogP contribution in [0, 0.1) is 16.7 Å². The third kappa shape index (κ3) is 7.00. The van der Waals surface area contributed by atoms with Gasteiger partial charge < -0.3 is 19.9 Å². The van der Waals surface area contributed by atoms with Gasteiger partial charge in [-0.25, -0.2) is 9.59 Å². The topological polar surface area (TPSA) is 144 Å². The van der Waals surface area contributed by atoms with Crippen LogP contribution in [0.15, 0.2) is 53.7 Å². The Kier molecular flexibility index (Phi) is 9.75. The molecule has 0 aromatic heterocycles. The number of carbonyl (C=O) groups is 3. The number of anilines is 1. The van der Waals surface area contributed by atoms with E-state index >= 15 is 0 Å². The second-order valence-corrected chi connectivity index (χ2v) is 11.2. The summed E-state index contributed by atoms with van der Waals surface area (Å²) in [5.74, 6) is -1.58. The standard InChI is InChI=1S/C30H34F3N7O4/c1-18-25(27(42)44-6)26(39(29(36)43)28(35)38(18)22-9-7-8-21(15-22)30(31,32)33)23-11-10-19(16-34)14-20(23)12-13-40(4,5)17-24(41)37(2)3/h7-11,14-15,26,35H,12-13,17H2,1-6H3,(H-,36,43)/p+1/t26-/m1/s1. The molecular formula is C30H35F3N7O4+. The van der Waals surface area contributed by atoms with Crippen molar-refractivity contribution in [2.24, 2.45) is 5.73 Å². The van der Waals surface area contributed by atoms with Gasteiger partial charge >= 0.3 is 18.2 Å². The van der Waals surface area contributed by atoms with Gasteiger partial charge in [-0.3, -0.25) is 20.0 Å². The summed E-state index contributed by atoms with van der Waals surface area (Å²) in [7, 11) is 8.14. The molecule has 0 unspecified atom stereocenters. The van der Waals surface area contributed by atoms with E-state index in [0.717, 1.165) is 35.1 Å². The number of halogens is 3. The van der Waals surface area contributed by atoms with E-state index in [-0.39, 0.29) is 33.9 Å². The van der Waals surface area contributed by atoms with Gasteiger partial charge in [-0.15, -0.1) is 0 Å². The van der Waals surface area contributed by atoms with Gasteiger partial charge in [0.25, 0.3) is 5.91 Å². The number of likely N-dealkylation sites (N-methyl/N-ethyl adjacent to an activating group) is 2. The Labute approximate surface area is 253 Å². The molecular weight excluding hydrogens is 579 g/mol. The normalized spacial score (nSPS) is 15.6. The van der Waals surface area contributed by atoms with Crippen LogP contribution in [0.3, 0.4) is 0 Å². The van der Waals surface area contributed by atoms with E-state index in [1.807, 2.05) is 14.1 Å². The Morgan fingerprint density at radius 1 is 1.16 bits per heavy atom. The zero-order valence-corrected chi connectivity index (χ0v) is 25.3. The molecule has 0 spiro atoms. The smallest absolute Gasteiger partial charge is 0.416 e. The molecule has 1 aliphatic heterocycles. The van der Waals surface area contributed by atoms with Crippen LogP contribution in [0.2, 0.25) is 0 Å². The van der Waals surface area contributed by atoms with Crippen molar-refractivity contribution in [3.05, 3.63) is 76.0 Å². The number of nitrogens with zero attached hydrogens (tertiary/aromatic N) is 5. The van der Waals surface area contributed by atoms with E-state index in [1.54, 1.807) is 26.2 Å². The van der Waals surface area contributed by atoms with Crippen LogP contribution in [0.4, 0.5) is 23.7 Å². The molecule has 11 nitrogen and oxygen atoms in total. The molecule has 14 heteroatoms. The minimum atomic E-state index is -4.69. The predicted molar refractivity (Wildman–Crippen MR) is 156 cm³/mol. The fourth-order valence-corrected chi connectivity index (χ4v) is 5.04. The number of quaternary nitrogens is 1. The molecule has 3 rings (SSSR count). The highest BCUT2D eigenvalue weighted by atomic mass is 19.4. The number of nitrogens with one attached hydrogen (secondary N) is 1.